The number of pyridine rings is 1. The highest BCUT2D eigenvalue weighted by atomic mass is 15.0. The van der Waals surface area contributed by atoms with Crippen molar-refractivity contribution in [1.82, 2.24) is 14.1 Å². The Bertz CT molecular complexity index is 1930. The lowest BCUT2D eigenvalue weighted by Gasteiger charge is -2.35. The first-order valence-corrected chi connectivity index (χ1v) is 12.2. The summed E-state index contributed by atoms with van der Waals surface area (Å²) < 4.78 is 4.85. The highest BCUT2D eigenvalue weighted by Crippen LogP contribution is 2.48. The van der Waals surface area contributed by atoms with E-state index in [0.29, 0.717) is 0 Å². The molecule has 0 unspecified atom stereocenters. The van der Waals surface area contributed by atoms with Crippen molar-refractivity contribution in [3.8, 4) is 11.4 Å². The minimum Gasteiger partial charge on any atom is -0.309 e. The second-order valence-electron chi connectivity index (χ2n) is 10.1. The summed E-state index contributed by atoms with van der Waals surface area (Å²) in [6.07, 6.45) is 3.90. The van der Waals surface area contributed by atoms with E-state index in [4.69, 9.17) is 0 Å². The van der Waals surface area contributed by atoms with Crippen LogP contribution in [-0.4, -0.2) is 14.1 Å². The maximum Gasteiger partial charge on any atom is 0.0582 e. The first kappa shape index (κ1) is 19.0. The van der Waals surface area contributed by atoms with Crippen molar-refractivity contribution in [2.75, 3.05) is 0 Å². The van der Waals surface area contributed by atoms with Crippen LogP contribution in [0, 0.1) is 0 Å². The molecule has 166 valence electrons. The van der Waals surface area contributed by atoms with E-state index in [-0.39, 0.29) is 5.41 Å². The Morgan fingerprint density at radius 2 is 1.29 bits per heavy atom. The van der Waals surface area contributed by atoms with E-state index < -0.39 is 0 Å². The molecule has 4 heterocycles. The van der Waals surface area contributed by atoms with Gasteiger partial charge in [-0.25, -0.2) is 0 Å². The maximum absolute atomic E-state index is 4.44. The normalized spacial score (nSPS) is 14.2. The minimum absolute atomic E-state index is 0.137. The molecular formula is C32H23N3. The lowest BCUT2D eigenvalue weighted by atomic mass is 9.74. The van der Waals surface area contributed by atoms with Gasteiger partial charge in [-0.15, -0.1) is 0 Å². The lowest BCUT2D eigenvalue weighted by molar-refractivity contribution is 0.629. The van der Waals surface area contributed by atoms with Crippen molar-refractivity contribution in [3.05, 3.63) is 115 Å². The molecule has 0 fully saturated rings. The quantitative estimate of drug-likeness (QED) is 0.250. The average molecular weight is 450 g/mol. The summed E-state index contributed by atoms with van der Waals surface area (Å²) >= 11 is 0. The smallest absolute Gasteiger partial charge is 0.0582 e. The Hall–Kier alpha value is -4.37. The molecule has 0 N–H and O–H groups in total. The van der Waals surface area contributed by atoms with Gasteiger partial charge in [0.25, 0.3) is 0 Å². The second kappa shape index (κ2) is 6.39. The Kier molecular flexibility index (Phi) is 3.47. The average Bonchev–Trinajstić information content (AvgIpc) is 3.41. The van der Waals surface area contributed by atoms with Gasteiger partial charge < -0.3 is 9.13 Å². The number of fused-ring (bicyclic) bond motifs is 8. The second-order valence-corrected chi connectivity index (χ2v) is 10.1. The first-order chi connectivity index (χ1) is 17.1. The Balaban J connectivity index is 1.50. The molecule has 35 heavy (non-hydrogen) atoms. The Morgan fingerprint density at radius 1 is 0.600 bits per heavy atom. The van der Waals surface area contributed by atoms with E-state index >= 15 is 0 Å². The van der Waals surface area contributed by atoms with Crippen LogP contribution in [0.5, 0.6) is 0 Å². The van der Waals surface area contributed by atoms with Crippen LogP contribution in [0.15, 0.2) is 103 Å². The minimum atomic E-state index is -0.137. The number of aromatic nitrogens is 3. The molecule has 1 aliphatic rings. The fourth-order valence-electron chi connectivity index (χ4n) is 6.37. The molecule has 8 rings (SSSR count). The third kappa shape index (κ3) is 2.28. The highest BCUT2D eigenvalue weighted by Gasteiger charge is 2.35. The van der Waals surface area contributed by atoms with E-state index in [9.17, 15) is 0 Å². The van der Waals surface area contributed by atoms with E-state index in [1.807, 2.05) is 12.4 Å². The fourth-order valence-corrected chi connectivity index (χ4v) is 6.37. The molecule has 0 radical (unpaired) electrons. The first-order valence-electron chi connectivity index (χ1n) is 12.2. The zero-order chi connectivity index (χ0) is 23.3. The number of nitrogens with zero attached hydrogens (tertiary/aromatic N) is 3. The SMILES string of the molecule is CC1(C)c2cc(-n3c4ccccc4c4ccccc43)ccc2-n2c3ccncc3c3cccc1c32. The van der Waals surface area contributed by atoms with E-state index in [2.05, 4.69) is 119 Å². The summed E-state index contributed by atoms with van der Waals surface area (Å²) in [6, 6.07) is 33.3. The molecule has 0 saturated carbocycles. The molecule has 7 aromatic rings. The van der Waals surface area contributed by atoms with Gasteiger partial charge in [0.05, 0.1) is 27.8 Å². The maximum atomic E-state index is 4.44. The summed E-state index contributed by atoms with van der Waals surface area (Å²) in [5, 5.41) is 5.06. The van der Waals surface area contributed by atoms with Crippen molar-refractivity contribution < 1.29 is 0 Å². The van der Waals surface area contributed by atoms with Crippen LogP contribution in [0.1, 0.15) is 25.0 Å². The summed E-state index contributed by atoms with van der Waals surface area (Å²) in [4.78, 5) is 4.44. The number of para-hydroxylation sites is 3. The van der Waals surface area contributed by atoms with Crippen LogP contribution in [0.2, 0.25) is 0 Å². The van der Waals surface area contributed by atoms with Gasteiger partial charge in [0.15, 0.2) is 0 Å². The molecule has 0 amide bonds. The highest BCUT2D eigenvalue weighted by molar-refractivity contribution is 6.11. The summed E-state index contributed by atoms with van der Waals surface area (Å²) in [7, 11) is 0. The lowest BCUT2D eigenvalue weighted by Crippen LogP contribution is -2.26. The molecule has 0 bridgehead atoms. The molecule has 4 aromatic carbocycles. The molecule has 0 atom stereocenters. The van der Waals surface area contributed by atoms with Gasteiger partial charge in [-0.3, -0.25) is 4.98 Å². The predicted octanol–water partition coefficient (Wildman–Crippen LogP) is 7.92. The third-order valence-corrected chi connectivity index (χ3v) is 7.99. The Morgan fingerprint density at radius 3 is 2.06 bits per heavy atom. The molecule has 0 saturated heterocycles. The van der Waals surface area contributed by atoms with Crippen LogP contribution in [0.4, 0.5) is 0 Å². The van der Waals surface area contributed by atoms with Gasteiger partial charge >= 0.3 is 0 Å². The Labute approximate surface area is 202 Å². The van der Waals surface area contributed by atoms with Gasteiger partial charge in [0.2, 0.25) is 0 Å². The van der Waals surface area contributed by atoms with Crippen LogP contribution in [-0.2, 0) is 5.41 Å². The molecular weight excluding hydrogens is 426 g/mol. The van der Waals surface area contributed by atoms with E-state index in [0.717, 1.165) is 0 Å². The number of rotatable bonds is 1. The van der Waals surface area contributed by atoms with Crippen molar-refractivity contribution in [1.29, 1.82) is 0 Å². The number of hydrogen-bond donors (Lipinski definition) is 0. The summed E-state index contributed by atoms with van der Waals surface area (Å²) in [5.74, 6) is 0. The third-order valence-electron chi connectivity index (χ3n) is 7.99. The monoisotopic (exact) mass is 449 g/mol. The van der Waals surface area contributed by atoms with E-state index in [1.165, 1.54) is 66.1 Å². The van der Waals surface area contributed by atoms with Gasteiger partial charge in [-0.2, -0.15) is 0 Å². The molecule has 1 aliphatic heterocycles. The fraction of sp³-hybridized carbons (Fsp3) is 0.0938. The van der Waals surface area contributed by atoms with Crippen LogP contribution < -0.4 is 0 Å². The summed E-state index contributed by atoms with van der Waals surface area (Å²) in [6.45, 7) is 4.71. The van der Waals surface area contributed by atoms with Crippen molar-refractivity contribution in [2.45, 2.75) is 19.3 Å². The molecule has 3 nitrogen and oxygen atoms in total. The predicted molar refractivity (Wildman–Crippen MR) is 145 cm³/mol. The standard InChI is InChI=1S/C32H23N3/c1-32(2)25-11-7-10-23-24-19-33-17-16-29(24)35(31(23)25)30-15-14-20(18-26(30)32)34-27-12-5-3-8-21(27)22-9-4-6-13-28(22)34/h3-19H,1-2H3. The van der Waals surface area contributed by atoms with E-state index in [1.54, 1.807) is 0 Å². The zero-order valence-electron chi connectivity index (χ0n) is 19.7. The van der Waals surface area contributed by atoms with Crippen LogP contribution in [0.25, 0.3) is 55.0 Å². The largest absolute Gasteiger partial charge is 0.309 e. The molecule has 0 aliphatic carbocycles. The number of benzene rings is 4. The van der Waals surface area contributed by atoms with Gasteiger partial charge in [0, 0.05) is 45.0 Å². The zero-order valence-corrected chi connectivity index (χ0v) is 19.7. The van der Waals surface area contributed by atoms with Crippen molar-refractivity contribution >= 4 is 43.6 Å². The summed E-state index contributed by atoms with van der Waals surface area (Å²) in [5.41, 5.74) is 10.0. The van der Waals surface area contributed by atoms with Crippen LogP contribution in [0.3, 0.4) is 0 Å². The van der Waals surface area contributed by atoms with Gasteiger partial charge in [-0.05, 0) is 47.5 Å². The topological polar surface area (TPSA) is 22.8 Å². The molecule has 3 aromatic heterocycles. The van der Waals surface area contributed by atoms with Gasteiger partial charge in [-0.1, -0.05) is 68.4 Å². The molecule has 0 spiro atoms. The van der Waals surface area contributed by atoms with Crippen LogP contribution >= 0.6 is 0 Å². The number of hydrogen-bond acceptors (Lipinski definition) is 1. The van der Waals surface area contributed by atoms with Gasteiger partial charge in [0.1, 0.15) is 0 Å². The van der Waals surface area contributed by atoms with Crippen molar-refractivity contribution in [3.63, 3.8) is 0 Å². The molecule has 3 heteroatoms. The van der Waals surface area contributed by atoms with Crippen molar-refractivity contribution in [2.24, 2.45) is 0 Å².